The van der Waals surface area contributed by atoms with Crippen molar-refractivity contribution in [2.75, 3.05) is 0 Å². The Balaban J connectivity index is 2.95. The van der Waals surface area contributed by atoms with E-state index in [-0.39, 0.29) is 5.91 Å². The fraction of sp³-hybridized carbons (Fsp3) is 0.750. The summed E-state index contributed by atoms with van der Waals surface area (Å²) in [7, 11) is 0. The third-order valence-electron chi connectivity index (χ3n) is 1.46. The highest BCUT2D eigenvalue weighted by Gasteiger charge is 1.97. The molecule has 0 heterocycles. The van der Waals surface area contributed by atoms with Gasteiger partial charge >= 0.3 is 0 Å². The van der Waals surface area contributed by atoms with Crippen LogP contribution >= 0.6 is 0 Å². The molecule has 0 aromatic rings. The van der Waals surface area contributed by atoms with Crippen LogP contribution in [0.4, 0.5) is 0 Å². The average Bonchev–Trinajstić information content (AvgIpc) is 2.04. The molecule has 11 heavy (non-hydrogen) atoms. The maximum Gasteiger partial charge on any atom is 0.243 e. The van der Waals surface area contributed by atoms with E-state index in [9.17, 15) is 4.79 Å². The van der Waals surface area contributed by atoms with Crippen molar-refractivity contribution >= 4 is 5.91 Å². The summed E-state index contributed by atoms with van der Waals surface area (Å²) < 4.78 is 0. The van der Waals surface area contributed by atoms with E-state index < -0.39 is 0 Å². The van der Waals surface area contributed by atoms with E-state index in [2.05, 4.69) is 13.3 Å². The Bertz CT molecular complexity index is 104. The molecule has 0 rings (SSSR count). The van der Waals surface area contributed by atoms with Crippen molar-refractivity contribution in [3.05, 3.63) is 6.42 Å². The number of hydrogen-bond acceptors (Lipinski definition) is 2. The highest BCUT2D eigenvalue weighted by molar-refractivity contribution is 5.74. The molecule has 0 unspecified atom stereocenters. The quantitative estimate of drug-likeness (QED) is 0.351. The molecular formula is C8H16NO2. The van der Waals surface area contributed by atoms with Gasteiger partial charge in [0.2, 0.25) is 5.91 Å². The Labute approximate surface area is 67.8 Å². The Morgan fingerprint density at radius 2 is 2.27 bits per heavy atom. The first-order chi connectivity index (χ1) is 5.31. The number of rotatable bonds is 6. The average molecular weight is 158 g/mol. The molecule has 0 aromatic carbocycles. The molecule has 0 saturated carbocycles. The molecule has 0 fully saturated rings. The largest absolute Gasteiger partial charge is 0.289 e. The van der Waals surface area contributed by atoms with Crippen molar-refractivity contribution < 1.29 is 10.0 Å². The second-order valence-electron chi connectivity index (χ2n) is 2.50. The van der Waals surface area contributed by atoms with Crippen molar-refractivity contribution in [1.82, 2.24) is 5.48 Å². The zero-order chi connectivity index (χ0) is 8.53. The van der Waals surface area contributed by atoms with Crippen LogP contribution in [0.15, 0.2) is 0 Å². The summed E-state index contributed by atoms with van der Waals surface area (Å²) in [5.41, 5.74) is 1.60. The summed E-state index contributed by atoms with van der Waals surface area (Å²) in [5.74, 6) is -0.308. The van der Waals surface area contributed by atoms with Crippen LogP contribution in [0.5, 0.6) is 0 Å². The molecule has 1 amide bonds. The van der Waals surface area contributed by atoms with Crippen molar-refractivity contribution in [3.8, 4) is 0 Å². The smallest absolute Gasteiger partial charge is 0.243 e. The standard InChI is InChI=1S/C8H16NO2/c1-2-3-4-5-6-7-8(10)9-11/h5,11H,2-4,6-7H2,1H3,(H,9,10). The zero-order valence-electron chi connectivity index (χ0n) is 6.97. The number of hydrogen-bond donors (Lipinski definition) is 2. The Morgan fingerprint density at radius 3 is 2.82 bits per heavy atom. The molecule has 3 nitrogen and oxygen atoms in total. The SMILES string of the molecule is CCCC[CH]CCC(=O)NO. The molecule has 1 radical (unpaired) electrons. The normalized spacial score (nSPS) is 9.64. The molecule has 0 saturated heterocycles. The van der Waals surface area contributed by atoms with Crippen LogP contribution in [0, 0.1) is 6.42 Å². The lowest BCUT2D eigenvalue weighted by Crippen LogP contribution is -2.17. The third kappa shape index (κ3) is 7.33. The monoisotopic (exact) mass is 158 g/mol. The molecule has 0 atom stereocenters. The fourth-order valence-electron chi connectivity index (χ4n) is 0.782. The first-order valence-electron chi connectivity index (χ1n) is 4.05. The minimum absolute atomic E-state index is 0.308. The number of carbonyl (C=O) groups is 1. The Morgan fingerprint density at radius 1 is 1.55 bits per heavy atom. The van der Waals surface area contributed by atoms with Gasteiger partial charge < -0.3 is 0 Å². The summed E-state index contributed by atoms with van der Waals surface area (Å²) >= 11 is 0. The lowest BCUT2D eigenvalue weighted by Gasteiger charge is -1.97. The van der Waals surface area contributed by atoms with Crippen molar-refractivity contribution in [1.29, 1.82) is 0 Å². The van der Waals surface area contributed by atoms with Crippen LogP contribution in [-0.2, 0) is 4.79 Å². The van der Waals surface area contributed by atoms with Gasteiger partial charge in [-0.1, -0.05) is 26.2 Å². The second-order valence-corrected chi connectivity index (χ2v) is 2.50. The van der Waals surface area contributed by atoms with Gasteiger partial charge in [-0.25, -0.2) is 5.48 Å². The first kappa shape index (κ1) is 10.4. The number of hydroxylamine groups is 1. The van der Waals surface area contributed by atoms with Gasteiger partial charge in [0.15, 0.2) is 0 Å². The highest BCUT2D eigenvalue weighted by Crippen LogP contribution is 2.02. The van der Waals surface area contributed by atoms with E-state index in [1.165, 1.54) is 12.8 Å². The summed E-state index contributed by atoms with van der Waals surface area (Å²) in [6.07, 6.45) is 6.66. The van der Waals surface area contributed by atoms with Crippen LogP contribution in [0.3, 0.4) is 0 Å². The van der Waals surface area contributed by atoms with E-state index in [1.807, 2.05) is 0 Å². The molecule has 0 aromatic heterocycles. The third-order valence-corrected chi connectivity index (χ3v) is 1.46. The van der Waals surface area contributed by atoms with Gasteiger partial charge in [-0.15, -0.1) is 0 Å². The summed E-state index contributed by atoms with van der Waals surface area (Å²) in [5, 5.41) is 8.12. The number of nitrogens with one attached hydrogen (secondary N) is 1. The molecular weight excluding hydrogens is 142 g/mol. The summed E-state index contributed by atoms with van der Waals surface area (Å²) in [6.45, 7) is 2.13. The topological polar surface area (TPSA) is 49.3 Å². The maximum absolute atomic E-state index is 10.5. The summed E-state index contributed by atoms with van der Waals surface area (Å²) in [6, 6.07) is 0. The van der Waals surface area contributed by atoms with Gasteiger partial charge in [-0.05, 0) is 12.8 Å². The van der Waals surface area contributed by atoms with E-state index in [4.69, 9.17) is 5.21 Å². The molecule has 2 N–H and O–H groups in total. The molecule has 65 valence electrons. The van der Waals surface area contributed by atoms with E-state index in [1.54, 1.807) is 5.48 Å². The van der Waals surface area contributed by atoms with Gasteiger partial charge in [-0.3, -0.25) is 10.0 Å². The highest BCUT2D eigenvalue weighted by atomic mass is 16.5. The minimum Gasteiger partial charge on any atom is -0.289 e. The van der Waals surface area contributed by atoms with E-state index >= 15 is 0 Å². The van der Waals surface area contributed by atoms with Gasteiger partial charge in [-0.2, -0.15) is 0 Å². The zero-order valence-corrected chi connectivity index (χ0v) is 6.97. The van der Waals surface area contributed by atoms with Gasteiger partial charge in [0.05, 0.1) is 0 Å². The van der Waals surface area contributed by atoms with E-state index in [0.717, 1.165) is 12.8 Å². The molecule has 0 aliphatic carbocycles. The lowest BCUT2D eigenvalue weighted by molar-refractivity contribution is -0.129. The fourth-order valence-corrected chi connectivity index (χ4v) is 0.782. The Kier molecular flexibility index (Phi) is 7.15. The first-order valence-corrected chi connectivity index (χ1v) is 4.05. The number of unbranched alkanes of at least 4 members (excludes halogenated alkanes) is 4. The van der Waals surface area contributed by atoms with Gasteiger partial charge in [0, 0.05) is 6.42 Å². The summed E-state index contributed by atoms with van der Waals surface area (Å²) in [4.78, 5) is 10.5. The van der Waals surface area contributed by atoms with Crippen LogP contribution in [-0.4, -0.2) is 11.1 Å². The lowest BCUT2D eigenvalue weighted by atomic mass is 10.1. The predicted octanol–water partition coefficient (Wildman–Crippen LogP) is 1.67. The van der Waals surface area contributed by atoms with Gasteiger partial charge in [0.25, 0.3) is 0 Å². The number of carbonyl (C=O) groups excluding carboxylic acids is 1. The van der Waals surface area contributed by atoms with Crippen LogP contribution in [0.2, 0.25) is 0 Å². The molecule has 0 aliphatic heterocycles. The maximum atomic E-state index is 10.5. The molecule has 0 aliphatic rings. The molecule has 0 bridgehead atoms. The number of amides is 1. The van der Waals surface area contributed by atoms with E-state index in [0.29, 0.717) is 6.42 Å². The second kappa shape index (κ2) is 7.54. The predicted molar refractivity (Wildman–Crippen MR) is 43.0 cm³/mol. The van der Waals surface area contributed by atoms with Crippen molar-refractivity contribution in [3.63, 3.8) is 0 Å². The van der Waals surface area contributed by atoms with Crippen LogP contribution in [0.1, 0.15) is 39.0 Å². The molecule has 3 heteroatoms. The van der Waals surface area contributed by atoms with Gasteiger partial charge in [0.1, 0.15) is 0 Å². The van der Waals surface area contributed by atoms with Crippen LogP contribution in [0.25, 0.3) is 0 Å². The molecule has 0 spiro atoms. The van der Waals surface area contributed by atoms with Crippen LogP contribution < -0.4 is 5.48 Å². The Hall–Kier alpha value is -0.570. The minimum atomic E-state index is -0.308. The van der Waals surface area contributed by atoms with Crippen molar-refractivity contribution in [2.24, 2.45) is 0 Å². The van der Waals surface area contributed by atoms with Crippen molar-refractivity contribution in [2.45, 2.75) is 39.0 Å².